The molecule has 0 spiro atoms. The summed E-state index contributed by atoms with van der Waals surface area (Å²) in [4.78, 5) is 14.8. The number of hydrogen-bond acceptors (Lipinski definition) is 2. The molecule has 0 aliphatic rings. The van der Waals surface area contributed by atoms with Gasteiger partial charge in [-0.25, -0.2) is 0 Å². The van der Waals surface area contributed by atoms with Gasteiger partial charge in [0.05, 0.1) is 0 Å². The maximum atomic E-state index is 11.7. The molecule has 0 aliphatic carbocycles. The molecule has 0 bridgehead atoms. The predicted molar refractivity (Wildman–Crippen MR) is 68.9 cm³/mol. The SMILES string of the molecule is O=C(NCCc1ccc[nH]1)[C@H](O)c1ccccc1. The molecule has 1 amide bonds. The number of aromatic amines is 1. The van der Waals surface area contributed by atoms with Crippen LogP contribution in [0.3, 0.4) is 0 Å². The fraction of sp³-hybridized carbons (Fsp3) is 0.214. The average Bonchev–Trinajstić information content (AvgIpc) is 2.92. The smallest absolute Gasteiger partial charge is 0.253 e. The Labute approximate surface area is 106 Å². The van der Waals surface area contributed by atoms with Gasteiger partial charge in [0.25, 0.3) is 5.91 Å². The summed E-state index contributed by atoms with van der Waals surface area (Å²) in [5, 5.41) is 12.5. The fourth-order valence-corrected chi connectivity index (χ4v) is 1.73. The Balaban J connectivity index is 1.81. The van der Waals surface area contributed by atoms with Crippen LogP contribution in [0.15, 0.2) is 48.7 Å². The van der Waals surface area contributed by atoms with Gasteiger partial charge in [-0.3, -0.25) is 4.79 Å². The van der Waals surface area contributed by atoms with Crippen molar-refractivity contribution in [3.05, 3.63) is 59.9 Å². The summed E-state index contributed by atoms with van der Waals surface area (Å²) in [5.41, 5.74) is 1.67. The molecule has 0 fully saturated rings. The number of carbonyl (C=O) groups is 1. The fourth-order valence-electron chi connectivity index (χ4n) is 1.73. The topological polar surface area (TPSA) is 65.1 Å². The summed E-state index contributed by atoms with van der Waals surface area (Å²) in [5.74, 6) is -0.368. The van der Waals surface area contributed by atoms with Crippen LogP contribution in [0.1, 0.15) is 17.4 Å². The second kappa shape index (κ2) is 6.02. The number of aromatic nitrogens is 1. The van der Waals surface area contributed by atoms with E-state index in [1.807, 2.05) is 24.4 Å². The minimum Gasteiger partial charge on any atom is -0.378 e. The number of aliphatic hydroxyl groups is 1. The Bertz CT molecular complexity index is 480. The number of H-pyrrole nitrogens is 1. The Morgan fingerprint density at radius 3 is 2.67 bits per heavy atom. The van der Waals surface area contributed by atoms with Crippen LogP contribution < -0.4 is 5.32 Å². The molecule has 94 valence electrons. The third-order valence-corrected chi connectivity index (χ3v) is 2.72. The molecule has 18 heavy (non-hydrogen) atoms. The van der Waals surface area contributed by atoms with Crippen LogP contribution in [0.25, 0.3) is 0 Å². The summed E-state index contributed by atoms with van der Waals surface area (Å²) >= 11 is 0. The van der Waals surface area contributed by atoms with Crippen molar-refractivity contribution in [1.29, 1.82) is 0 Å². The van der Waals surface area contributed by atoms with Gasteiger partial charge >= 0.3 is 0 Å². The number of amides is 1. The third-order valence-electron chi connectivity index (χ3n) is 2.72. The van der Waals surface area contributed by atoms with Gasteiger partial charge in [-0.1, -0.05) is 30.3 Å². The Hall–Kier alpha value is -2.07. The minimum absolute atomic E-state index is 0.368. The lowest BCUT2D eigenvalue weighted by Crippen LogP contribution is -2.31. The maximum Gasteiger partial charge on any atom is 0.253 e. The summed E-state index contributed by atoms with van der Waals surface area (Å²) in [6, 6.07) is 12.8. The van der Waals surface area contributed by atoms with E-state index >= 15 is 0 Å². The van der Waals surface area contributed by atoms with E-state index in [4.69, 9.17) is 0 Å². The molecule has 0 unspecified atom stereocenters. The van der Waals surface area contributed by atoms with Crippen molar-refractivity contribution in [2.75, 3.05) is 6.54 Å². The molecule has 1 aromatic heterocycles. The van der Waals surface area contributed by atoms with Crippen molar-refractivity contribution >= 4 is 5.91 Å². The van der Waals surface area contributed by atoms with E-state index in [2.05, 4.69) is 10.3 Å². The summed E-state index contributed by atoms with van der Waals surface area (Å²) in [6.45, 7) is 0.503. The summed E-state index contributed by atoms with van der Waals surface area (Å²) in [7, 11) is 0. The molecule has 4 heteroatoms. The maximum absolute atomic E-state index is 11.7. The van der Waals surface area contributed by atoms with Gasteiger partial charge in [-0.15, -0.1) is 0 Å². The second-order valence-corrected chi connectivity index (χ2v) is 4.05. The molecule has 0 aliphatic heterocycles. The summed E-state index contributed by atoms with van der Waals surface area (Å²) < 4.78 is 0. The van der Waals surface area contributed by atoms with Crippen molar-refractivity contribution < 1.29 is 9.90 Å². The quantitative estimate of drug-likeness (QED) is 0.744. The lowest BCUT2D eigenvalue weighted by molar-refractivity contribution is -0.129. The van der Waals surface area contributed by atoms with E-state index in [-0.39, 0.29) is 5.91 Å². The van der Waals surface area contributed by atoms with Gasteiger partial charge in [0.1, 0.15) is 0 Å². The van der Waals surface area contributed by atoms with Crippen LogP contribution >= 0.6 is 0 Å². The Kier molecular flexibility index (Phi) is 4.15. The molecular weight excluding hydrogens is 228 g/mol. The summed E-state index contributed by atoms with van der Waals surface area (Å²) in [6.07, 6.45) is 1.46. The van der Waals surface area contributed by atoms with E-state index in [0.29, 0.717) is 12.1 Å². The molecule has 0 saturated carbocycles. The van der Waals surface area contributed by atoms with Gasteiger partial charge in [0, 0.05) is 24.9 Å². The highest BCUT2D eigenvalue weighted by atomic mass is 16.3. The van der Waals surface area contributed by atoms with Crippen LogP contribution in [-0.2, 0) is 11.2 Å². The lowest BCUT2D eigenvalue weighted by atomic mass is 10.1. The van der Waals surface area contributed by atoms with Crippen molar-refractivity contribution in [2.45, 2.75) is 12.5 Å². The van der Waals surface area contributed by atoms with E-state index in [1.165, 1.54) is 0 Å². The van der Waals surface area contributed by atoms with E-state index in [9.17, 15) is 9.90 Å². The zero-order chi connectivity index (χ0) is 12.8. The van der Waals surface area contributed by atoms with Crippen LogP contribution in [0.5, 0.6) is 0 Å². The van der Waals surface area contributed by atoms with E-state index < -0.39 is 6.10 Å². The molecule has 2 aromatic rings. The van der Waals surface area contributed by atoms with Crippen LogP contribution in [0, 0.1) is 0 Å². The van der Waals surface area contributed by atoms with Crippen LogP contribution in [-0.4, -0.2) is 22.5 Å². The molecule has 1 aromatic carbocycles. The van der Waals surface area contributed by atoms with Crippen molar-refractivity contribution in [3.63, 3.8) is 0 Å². The minimum atomic E-state index is -1.10. The van der Waals surface area contributed by atoms with Crippen LogP contribution in [0.2, 0.25) is 0 Å². The largest absolute Gasteiger partial charge is 0.378 e. The zero-order valence-corrected chi connectivity index (χ0v) is 9.97. The van der Waals surface area contributed by atoms with Crippen molar-refractivity contribution in [1.82, 2.24) is 10.3 Å². The molecular formula is C14H16N2O2. The molecule has 3 N–H and O–H groups in total. The van der Waals surface area contributed by atoms with Gasteiger partial charge in [-0.05, 0) is 17.7 Å². The first-order valence-corrected chi connectivity index (χ1v) is 5.90. The predicted octanol–water partition coefficient (Wildman–Crippen LogP) is 1.41. The molecule has 0 radical (unpaired) electrons. The first-order chi connectivity index (χ1) is 8.77. The van der Waals surface area contributed by atoms with E-state index in [0.717, 1.165) is 12.1 Å². The molecule has 1 atom stereocenters. The lowest BCUT2D eigenvalue weighted by Gasteiger charge is -2.11. The third kappa shape index (κ3) is 3.21. The zero-order valence-electron chi connectivity index (χ0n) is 9.97. The van der Waals surface area contributed by atoms with Gasteiger partial charge in [0.15, 0.2) is 6.10 Å². The van der Waals surface area contributed by atoms with E-state index in [1.54, 1.807) is 24.3 Å². The van der Waals surface area contributed by atoms with Gasteiger partial charge in [-0.2, -0.15) is 0 Å². The highest BCUT2D eigenvalue weighted by molar-refractivity contribution is 5.81. The number of rotatable bonds is 5. The average molecular weight is 244 g/mol. The monoisotopic (exact) mass is 244 g/mol. The van der Waals surface area contributed by atoms with Crippen LogP contribution in [0.4, 0.5) is 0 Å². The normalized spacial score (nSPS) is 12.1. The molecule has 0 saturated heterocycles. The standard InChI is InChI=1S/C14H16N2O2/c17-13(11-5-2-1-3-6-11)14(18)16-10-8-12-7-4-9-15-12/h1-7,9,13,15,17H,8,10H2,(H,16,18)/t13-/m1/s1. The highest BCUT2D eigenvalue weighted by Crippen LogP contribution is 2.11. The van der Waals surface area contributed by atoms with Crippen molar-refractivity contribution in [2.24, 2.45) is 0 Å². The Morgan fingerprint density at radius 2 is 2.00 bits per heavy atom. The van der Waals surface area contributed by atoms with Crippen molar-refractivity contribution in [3.8, 4) is 0 Å². The molecule has 1 heterocycles. The highest BCUT2D eigenvalue weighted by Gasteiger charge is 2.15. The number of nitrogens with one attached hydrogen (secondary N) is 2. The Morgan fingerprint density at radius 1 is 1.22 bits per heavy atom. The number of carbonyl (C=O) groups excluding carboxylic acids is 1. The van der Waals surface area contributed by atoms with Gasteiger partial charge < -0.3 is 15.4 Å². The molecule has 4 nitrogen and oxygen atoms in total. The molecule has 2 rings (SSSR count). The first-order valence-electron chi connectivity index (χ1n) is 5.90. The second-order valence-electron chi connectivity index (χ2n) is 4.05. The number of benzene rings is 1. The first kappa shape index (κ1) is 12.4. The van der Waals surface area contributed by atoms with Gasteiger partial charge in [0.2, 0.25) is 0 Å². The number of hydrogen-bond donors (Lipinski definition) is 3. The number of aliphatic hydroxyl groups excluding tert-OH is 1.